The van der Waals surface area contributed by atoms with Crippen molar-refractivity contribution >= 4 is 11.8 Å². The molecule has 4 bridgehead atoms. The van der Waals surface area contributed by atoms with Crippen molar-refractivity contribution in [2.75, 3.05) is 6.61 Å². The van der Waals surface area contributed by atoms with Gasteiger partial charge in [-0.05, 0) is 80.9 Å². The number of amides is 2. The van der Waals surface area contributed by atoms with Crippen LogP contribution in [0.3, 0.4) is 0 Å². The molecule has 134 valence electrons. The fourth-order valence-electron chi connectivity index (χ4n) is 5.54. The average molecular weight is 342 g/mol. The molecule has 2 amide bonds. The molecule has 4 saturated carbocycles. The van der Waals surface area contributed by atoms with Crippen LogP contribution in [0.25, 0.3) is 0 Å². The van der Waals surface area contributed by atoms with Crippen LogP contribution in [-0.4, -0.2) is 18.4 Å². The molecule has 1 aromatic carbocycles. The molecule has 4 fully saturated rings. The highest BCUT2D eigenvalue weighted by atomic mass is 16.5. The van der Waals surface area contributed by atoms with E-state index in [2.05, 4.69) is 10.9 Å². The highest BCUT2D eigenvalue weighted by molar-refractivity contribution is 5.86. The standard InChI is InChI=1S/C20H26N2O3/c1-13-3-2-4-17(5-13)25-12-18(23)21-22-19(24)20-9-14-6-15(10-20)8-16(7-14)11-20/h2-5,14-16H,6-12H2,1H3,(H,21,23)(H,22,24). The summed E-state index contributed by atoms with van der Waals surface area (Å²) in [4.78, 5) is 24.7. The van der Waals surface area contributed by atoms with Crippen molar-refractivity contribution in [2.24, 2.45) is 23.2 Å². The van der Waals surface area contributed by atoms with Crippen LogP contribution in [0, 0.1) is 30.1 Å². The maximum Gasteiger partial charge on any atom is 0.276 e. The normalized spacial score (nSPS) is 32.3. The van der Waals surface area contributed by atoms with E-state index in [9.17, 15) is 9.59 Å². The van der Waals surface area contributed by atoms with E-state index in [1.54, 1.807) is 0 Å². The molecule has 1 aromatic rings. The maximum atomic E-state index is 12.8. The van der Waals surface area contributed by atoms with E-state index < -0.39 is 0 Å². The second-order valence-electron chi connectivity index (χ2n) is 8.31. The van der Waals surface area contributed by atoms with Crippen molar-refractivity contribution in [2.45, 2.75) is 45.4 Å². The highest BCUT2D eigenvalue weighted by Crippen LogP contribution is 2.59. The highest BCUT2D eigenvalue weighted by Gasteiger charge is 2.54. The first-order valence-electron chi connectivity index (χ1n) is 9.31. The monoisotopic (exact) mass is 342 g/mol. The molecular weight excluding hydrogens is 316 g/mol. The van der Waals surface area contributed by atoms with E-state index in [4.69, 9.17) is 4.74 Å². The summed E-state index contributed by atoms with van der Waals surface area (Å²) in [7, 11) is 0. The minimum atomic E-state index is -0.334. The lowest BCUT2D eigenvalue weighted by Crippen LogP contribution is -2.57. The van der Waals surface area contributed by atoms with Crippen molar-refractivity contribution in [3.05, 3.63) is 29.8 Å². The lowest BCUT2D eigenvalue weighted by atomic mass is 9.49. The van der Waals surface area contributed by atoms with E-state index >= 15 is 0 Å². The summed E-state index contributed by atoms with van der Waals surface area (Å²) < 4.78 is 5.47. The average Bonchev–Trinajstić information content (AvgIpc) is 2.56. The van der Waals surface area contributed by atoms with Gasteiger partial charge in [0.25, 0.3) is 5.91 Å². The molecule has 4 aliphatic rings. The molecule has 0 aromatic heterocycles. The number of hydrogen-bond donors (Lipinski definition) is 2. The number of aryl methyl sites for hydroxylation is 1. The van der Waals surface area contributed by atoms with Gasteiger partial charge in [-0.25, -0.2) is 0 Å². The van der Waals surface area contributed by atoms with Crippen LogP contribution in [0.4, 0.5) is 0 Å². The predicted octanol–water partition coefficient (Wildman–Crippen LogP) is 2.74. The fourth-order valence-corrected chi connectivity index (χ4v) is 5.54. The smallest absolute Gasteiger partial charge is 0.276 e. The van der Waals surface area contributed by atoms with Gasteiger partial charge in [-0.15, -0.1) is 0 Å². The summed E-state index contributed by atoms with van der Waals surface area (Å²) >= 11 is 0. The van der Waals surface area contributed by atoms with Crippen molar-refractivity contribution in [3.63, 3.8) is 0 Å². The molecule has 4 aliphatic carbocycles. The molecule has 5 heteroatoms. The summed E-state index contributed by atoms with van der Waals surface area (Å²) in [6.45, 7) is 1.86. The van der Waals surface area contributed by atoms with Gasteiger partial charge in [0.2, 0.25) is 5.91 Å². The molecule has 5 rings (SSSR count). The Morgan fingerprint density at radius 1 is 1.08 bits per heavy atom. The van der Waals surface area contributed by atoms with Gasteiger partial charge >= 0.3 is 0 Å². The van der Waals surface area contributed by atoms with Gasteiger partial charge in [-0.3, -0.25) is 20.4 Å². The minimum Gasteiger partial charge on any atom is -0.484 e. The SMILES string of the molecule is Cc1cccc(OCC(=O)NNC(=O)C23CC4CC(CC(C4)C2)C3)c1. The molecule has 0 spiro atoms. The van der Waals surface area contributed by atoms with Gasteiger partial charge in [0, 0.05) is 0 Å². The first kappa shape index (κ1) is 16.4. The topological polar surface area (TPSA) is 67.4 Å². The first-order chi connectivity index (χ1) is 12.0. The second-order valence-corrected chi connectivity index (χ2v) is 8.31. The van der Waals surface area contributed by atoms with Crippen molar-refractivity contribution < 1.29 is 14.3 Å². The minimum absolute atomic E-state index is 0.00416. The number of ether oxygens (including phenoxy) is 1. The van der Waals surface area contributed by atoms with Gasteiger partial charge in [0.1, 0.15) is 5.75 Å². The Hall–Kier alpha value is -2.04. The molecule has 0 saturated heterocycles. The Bertz CT molecular complexity index is 650. The summed E-state index contributed by atoms with van der Waals surface area (Å²) in [6, 6.07) is 7.55. The van der Waals surface area contributed by atoms with Gasteiger partial charge in [-0.1, -0.05) is 12.1 Å². The number of benzene rings is 1. The van der Waals surface area contributed by atoms with Crippen LogP contribution in [0.1, 0.15) is 44.1 Å². The fraction of sp³-hybridized carbons (Fsp3) is 0.600. The zero-order valence-corrected chi connectivity index (χ0v) is 14.7. The molecule has 5 nitrogen and oxygen atoms in total. The lowest BCUT2D eigenvalue weighted by molar-refractivity contribution is -0.149. The Kier molecular flexibility index (Phi) is 4.18. The quantitative estimate of drug-likeness (QED) is 0.827. The number of rotatable bonds is 4. The molecule has 2 N–H and O–H groups in total. The number of nitrogens with one attached hydrogen (secondary N) is 2. The van der Waals surface area contributed by atoms with Crippen molar-refractivity contribution in [1.29, 1.82) is 0 Å². The zero-order valence-electron chi connectivity index (χ0n) is 14.7. The van der Waals surface area contributed by atoms with Crippen LogP contribution < -0.4 is 15.6 Å². The van der Waals surface area contributed by atoms with E-state index in [-0.39, 0.29) is 23.8 Å². The molecule has 0 heterocycles. The molecular formula is C20H26N2O3. The first-order valence-corrected chi connectivity index (χ1v) is 9.31. The Morgan fingerprint density at radius 2 is 1.72 bits per heavy atom. The number of carbonyl (C=O) groups excluding carboxylic acids is 2. The number of hydrazine groups is 1. The molecule has 25 heavy (non-hydrogen) atoms. The largest absolute Gasteiger partial charge is 0.484 e. The van der Waals surface area contributed by atoms with Crippen LogP contribution in [0.2, 0.25) is 0 Å². The van der Waals surface area contributed by atoms with Crippen molar-refractivity contribution in [3.8, 4) is 5.75 Å². The molecule has 0 radical (unpaired) electrons. The summed E-state index contributed by atoms with van der Waals surface area (Å²) in [5.41, 5.74) is 6.02. The van der Waals surface area contributed by atoms with Gasteiger partial charge in [0.05, 0.1) is 5.41 Å². The Balaban J connectivity index is 1.28. The predicted molar refractivity (Wildman–Crippen MR) is 93.6 cm³/mol. The lowest BCUT2D eigenvalue weighted by Gasteiger charge is -2.55. The van der Waals surface area contributed by atoms with Crippen LogP contribution in [0.15, 0.2) is 24.3 Å². The third-order valence-corrected chi connectivity index (χ3v) is 6.19. The Labute approximate surface area is 148 Å². The molecule has 0 unspecified atom stereocenters. The second kappa shape index (κ2) is 6.36. The maximum absolute atomic E-state index is 12.8. The summed E-state index contributed by atoms with van der Waals surface area (Å²) in [5.74, 6) is 2.43. The van der Waals surface area contributed by atoms with Crippen LogP contribution in [0.5, 0.6) is 5.75 Å². The van der Waals surface area contributed by atoms with E-state index in [1.807, 2.05) is 31.2 Å². The zero-order chi connectivity index (χ0) is 17.4. The van der Waals surface area contributed by atoms with Gasteiger partial charge in [-0.2, -0.15) is 0 Å². The van der Waals surface area contributed by atoms with Gasteiger partial charge in [0.15, 0.2) is 6.61 Å². The number of hydrogen-bond acceptors (Lipinski definition) is 3. The van der Waals surface area contributed by atoms with E-state index in [0.29, 0.717) is 23.5 Å². The van der Waals surface area contributed by atoms with E-state index in [1.165, 1.54) is 19.3 Å². The molecule has 0 aliphatic heterocycles. The van der Waals surface area contributed by atoms with Crippen molar-refractivity contribution in [1.82, 2.24) is 10.9 Å². The van der Waals surface area contributed by atoms with Crippen LogP contribution >= 0.6 is 0 Å². The molecule has 0 atom stereocenters. The summed E-state index contributed by atoms with van der Waals surface area (Å²) in [5, 5.41) is 0. The van der Waals surface area contributed by atoms with E-state index in [0.717, 1.165) is 24.8 Å². The van der Waals surface area contributed by atoms with Gasteiger partial charge < -0.3 is 4.74 Å². The third-order valence-electron chi connectivity index (χ3n) is 6.19. The Morgan fingerprint density at radius 3 is 2.32 bits per heavy atom. The third kappa shape index (κ3) is 3.37. The summed E-state index contributed by atoms with van der Waals surface area (Å²) in [6.07, 6.45) is 6.84. The number of carbonyl (C=O) groups is 2. The van der Waals surface area contributed by atoms with Crippen LogP contribution in [-0.2, 0) is 9.59 Å².